The topological polar surface area (TPSA) is 64.3 Å². The lowest BCUT2D eigenvalue weighted by atomic mass is 10.0. The van der Waals surface area contributed by atoms with Crippen molar-refractivity contribution in [1.29, 1.82) is 0 Å². The van der Waals surface area contributed by atoms with Crippen LogP contribution in [-0.2, 0) is 4.79 Å². The van der Waals surface area contributed by atoms with Crippen molar-refractivity contribution in [2.45, 2.75) is 52.0 Å². The summed E-state index contributed by atoms with van der Waals surface area (Å²) in [6.45, 7) is 5.40. The summed E-state index contributed by atoms with van der Waals surface area (Å²) in [4.78, 5) is 12.0. The molecule has 0 heterocycles. The zero-order chi connectivity index (χ0) is 15.9. The smallest absolute Gasteiger partial charge is 0.220 e. The van der Waals surface area contributed by atoms with Gasteiger partial charge in [-0.2, -0.15) is 0 Å². The Bertz CT molecular complexity index is 508. The zero-order valence-corrected chi connectivity index (χ0v) is 15.0. The Hall–Kier alpha value is -1.26. The molecule has 0 radical (unpaired) electrons. The number of hydrogen-bond acceptors (Lipinski definition) is 3. The van der Waals surface area contributed by atoms with E-state index in [-0.39, 0.29) is 24.4 Å². The Morgan fingerprint density at radius 3 is 2.78 bits per heavy atom. The highest BCUT2D eigenvalue weighted by Gasteiger charge is 2.26. The van der Waals surface area contributed by atoms with E-state index in [9.17, 15) is 4.79 Å². The SMILES string of the molecule is Cc1ccc(OCCCC(=O)NC2CCCC2CN)cc1C.Cl. The molecule has 0 spiro atoms. The average Bonchev–Trinajstić information content (AvgIpc) is 2.94. The second-order valence-electron chi connectivity index (χ2n) is 6.30. The molecule has 1 aromatic carbocycles. The third-order valence-electron chi connectivity index (χ3n) is 4.60. The molecule has 5 heteroatoms. The normalized spacial score (nSPS) is 20.0. The molecule has 2 atom stereocenters. The minimum absolute atomic E-state index is 0. The maximum Gasteiger partial charge on any atom is 0.220 e. The van der Waals surface area contributed by atoms with Crippen LogP contribution in [0.3, 0.4) is 0 Å². The first-order valence-electron chi connectivity index (χ1n) is 8.29. The van der Waals surface area contributed by atoms with Crippen LogP contribution in [0.4, 0.5) is 0 Å². The third-order valence-corrected chi connectivity index (χ3v) is 4.60. The molecule has 23 heavy (non-hydrogen) atoms. The van der Waals surface area contributed by atoms with E-state index < -0.39 is 0 Å². The number of benzene rings is 1. The molecular formula is C18H29ClN2O2. The van der Waals surface area contributed by atoms with Crippen LogP contribution in [0.1, 0.15) is 43.2 Å². The Labute approximate surface area is 145 Å². The molecule has 1 saturated carbocycles. The van der Waals surface area contributed by atoms with Crippen molar-refractivity contribution in [2.75, 3.05) is 13.2 Å². The van der Waals surface area contributed by atoms with Gasteiger partial charge < -0.3 is 15.8 Å². The number of ether oxygens (including phenoxy) is 1. The van der Waals surface area contributed by atoms with Gasteiger partial charge in [-0.3, -0.25) is 4.79 Å². The predicted molar refractivity (Wildman–Crippen MR) is 96.2 cm³/mol. The highest BCUT2D eigenvalue weighted by molar-refractivity contribution is 5.85. The van der Waals surface area contributed by atoms with Crippen LogP contribution in [0.2, 0.25) is 0 Å². The highest BCUT2D eigenvalue weighted by Crippen LogP contribution is 2.24. The molecule has 0 bridgehead atoms. The molecular weight excluding hydrogens is 312 g/mol. The van der Waals surface area contributed by atoms with E-state index in [4.69, 9.17) is 10.5 Å². The van der Waals surface area contributed by atoms with Crippen molar-refractivity contribution in [1.82, 2.24) is 5.32 Å². The number of rotatable bonds is 7. The number of nitrogens with one attached hydrogen (secondary N) is 1. The maximum absolute atomic E-state index is 12.0. The highest BCUT2D eigenvalue weighted by atomic mass is 35.5. The number of nitrogens with two attached hydrogens (primary N) is 1. The number of carbonyl (C=O) groups is 1. The lowest BCUT2D eigenvalue weighted by Crippen LogP contribution is -2.39. The fourth-order valence-electron chi connectivity index (χ4n) is 3.01. The Morgan fingerprint density at radius 2 is 2.09 bits per heavy atom. The number of carbonyl (C=O) groups excluding carboxylic acids is 1. The van der Waals surface area contributed by atoms with Gasteiger partial charge in [0.25, 0.3) is 0 Å². The van der Waals surface area contributed by atoms with Crippen LogP contribution in [0.15, 0.2) is 18.2 Å². The van der Waals surface area contributed by atoms with Gasteiger partial charge in [0.2, 0.25) is 5.91 Å². The van der Waals surface area contributed by atoms with Crippen molar-refractivity contribution in [3.05, 3.63) is 29.3 Å². The fraction of sp³-hybridized carbons (Fsp3) is 0.611. The van der Waals surface area contributed by atoms with Crippen LogP contribution in [0, 0.1) is 19.8 Å². The summed E-state index contributed by atoms with van der Waals surface area (Å²) in [5, 5.41) is 3.12. The van der Waals surface area contributed by atoms with E-state index in [1.54, 1.807) is 0 Å². The van der Waals surface area contributed by atoms with Gasteiger partial charge in [-0.05, 0) is 68.8 Å². The van der Waals surface area contributed by atoms with Crippen molar-refractivity contribution >= 4 is 18.3 Å². The zero-order valence-electron chi connectivity index (χ0n) is 14.1. The third kappa shape index (κ3) is 6.04. The standard InChI is InChI=1S/C18H28N2O2.ClH/c1-13-8-9-16(11-14(13)2)22-10-4-7-18(21)20-17-6-3-5-15(17)12-19;/h8-9,11,15,17H,3-7,10,12,19H2,1-2H3,(H,20,21);1H. The molecule has 1 aromatic rings. The van der Waals surface area contributed by atoms with E-state index >= 15 is 0 Å². The van der Waals surface area contributed by atoms with Gasteiger partial charge in [0, 0.05) is 12.5 Å². The van der Waals surface area contributed by atoms with Gasteiger partial charge in [-0.15, -0.1) is 12.4 Å². The van der Waals surface area contributed by atoms with Crippen LogP contribution < -0.4 is 15.8 Å². The van der Waals surface area contributed by atoms with Gasteiger partial charge in [0.05, 0.1) is 6.61 Å². The molecule has 0 aliphatic heterocycles. The number of hydrogen-bond donors (Lipinski definition) is 2. The minimum atomic E-state index is 0. The summed E-state index contributed by atoms with van der Waals surface area (Å²) >= 11 is 0. The maximum atomic E-state index is 12.0. The molecule has 0 aromatic heterocycles. The molecule has 1 amide bonds. The van der Waals surface area contributed by atoms with Crippen LogP contribution in [0.5, 0.6) is 5.75 Å². The second-order valence-corrected chi connectivity index (χ2v) is 6.30. The molecule has 2 rings (SSSR count). The molecule has 2 unspecified atom stereocenters. The van der Waals surface area contributed by atoms with Crippen molar-refractivity contribution in [3.63, 3.8) is 0 Å². The largest absolute Gasteiger partial charge is 0.494 e. The summed E-state index contributed by atoms with van der Waals surface area (Å²) in [5.41, 5.74) is 8.23. The molecule has 4 nitrogen and oxygen atoms in total. The summed E-state index contributed by atoms with van der Waals surface area (Å²) in [6.07, 6.45) is 4.62. The van der Waals surface area contributed by atoms with Crippen LogP contribution in [-0.4, -0.2) is 25.1 Å². The lowest BCUT2D eigenvalue weighted by Gasteiger charge is -2.19. The van der Waals surface area contributed by atoms with Crippen LogP contribution in [0.25, 0.3) is 0 Å². The molecule has 0 saturated heterocycles. The van der Waals surface area contributed by atoms with Gasteiger partial charge >= 0.3 is 0 Å². The van der Waals surface area contributed by atoms with E-state index in [1.165, 1.54) is 17.5 Å². The molecule has 1 fully saturated rings. The monoisotopic (exact) mass is 340 g/mol. The Balaban J connectivity index is 0.00000264. The van der Waals surface area contributed by atoms with Crippen molar-refractivity contribution in [3.8, 4) is 5.75 Å². The first-order valence-corrected chi connectivity index (χ1v) is 8.29. The van der Waals surface area contributed by atoms with Gasteiger partial charge in [0.15, 0.2) is 0 Å². The van der Waals surface area contributed by atoms with E-state index in [0.717, 1.165) is 25.0 Å². The number of amides is 1. The Morgan fingerprint density at radius 1 is 1.30 bits per heavy atom. The molecule has 3 N–H and O–H groups in total. The summed E-state index contributed by atoms with van der Waals surface area (Å²) < 4.78 is 5.70. The summed E-state index contributed by atoms with van der Waals surface area (Å²) in [7, 11) is 0. The Kier molecular flexibility index (Phi) is 8.42. The van der Waals surface area contributed by atoms with Crippen molar-refractivity contribution < 1.29 is 9.53 Å². The van der Waals surface area contributed by atoms with E-state index in [1.807, 2.05) is 12.1 Å². The molecule has 130 valence electrons. The van der Waals surface area contributed by atoms with E-state index in [2.05, 4.69) is 25.2 Å². The molecule has 1 aliphatic rings. The average molecular weight is 341 g/mol. The summed E-state index contributed by atoms with van der Waals surface area (Å²) in [5.74, 6) is 1.45. The first kappa shape index (κ1) is 19.8. The number of aryl methyl sites for hydroxylation is 2. The lowest BCUT2D eigenvalue weighted by molar-refractivity contribution is -0.122. The molecule has 1 aliphatic carbocycles. The fourth-order valence-corrected chi connectivity index (χ4v) is 3.01. The van der Waals surface area contributed by atoms with E-state index in [0.29, 0.717) is 25.5 Å². The number of halogens is 1. The van der Waals surface area contributed by atoms with Crippen LogP contribution >= 0.6 is 12.4 Å². The predicted octanol–water partition coefficient (Wildman–Crippen LogP) is 3.13. The van der Waals surface area contributed by atoms with Gasteiger partial charge in [-0.1, -0.05) is 12.5 Å². The van der Waals surface area contributed by atoms with Gasteiger partial charge in [-0.25, -0.2) is 0 Å². The van der Waals surface area contributed by atoms with Crippen molar-refractivity contribution in [2.24, 2.45) is 11.7 Å². The summed E-state index contributed by atoms with van der Waals surface area (Å²) in [6, 6.07) is 6.36. The minimum Gasteiger partial charge on any atom is -0.494 e. The van der Waals surface area contributed by atoms with Gasteiger partial charge in [0.1, 0.15) is 5.75 Å². The second kappa shape index (κ2) is 9.78. The first-order chi connectivity index (χ1) is 10.6. The quantitative estimate of drug-likeness (QED) is 0.749.